The van der Waals surface area contributed by atoms with Crippen LogP contribution in [0.4, 0.5) is 5.13 Å². The Labute approximate surface area is 157 Å². The average Bonchev–Trinajstić information content (AvgIpc) is 3.12. The minimum atomic E-state index is -0.584. The van der Waals surface area contributed by atoms with Gasteiger partial charge in [0.25, 0.3) is 5.91 Å². The Kier molecular flexibility index (Phi) is 5.63. The number of anilines is 1. The highest BCUT2D eigenvalue weighted by atomic mass is 32.1. The zero-order valence-electron chi connectivity index (χ0n) is 15.0. The highest BCUT2D eigenvalue weighted by Gasteiger charge is 2.21. The molecule has 26 heavy (non-hydrogen) atoms. The number of ether oxygens (including phenoxy) is 1. The molecule has 134 valence electrons. The Morgan fingerprint density at radius 2 is 1.88 bits per heavy atom. The normalized spacial score (nSPS) is 11.8. The molecule has 3 aromatic rings. The fraction of sp³-hybridized carbons (Fsp3) is 0.250. The molecule has 0 unspecified atom stereocenters. The predicted molar refractivity (Wildman–Crippen MR) is 105 cm³/mol. The monoisotopic (exact) mass is 367 g/mol. The van der Waals surface area contributed by atoms with Gasteiger partial charge in [0.1, 0.15) is 10.8 Å². The van der Waals surface area contributed by atoms with Crippen molar-refractivity contribution in [3.05, 3.63) is 59.7 Å². The number of aryl methyl sites for hydroxylation is 1. The fourth-order valence-corrected chi connectivity index (χ4v) is 3.24. The number of carbonyl (C=O) groups excluding carboxylic acids is 1. The molecule has 0 aliphatic rings. The lowest BCUT2D eigenvalue weighted by Gasteiger charge is -2.18. The van der Waals surface area contributed by atoms with E-state index < -0.39 is 6.10 Å². The highest BCUT2D eigenvalue weighted by Crippen LogP contribution is 2.27. The lowest BCUT2D eigenvalue weighted by Crippen LogP contribution is -2.32. The Morgan fingerprint density at radius 1 is 1.12 bits per heavy atom. The maximum atomic E-state index is 12.6. The molecule has 0 saturated carbocycles. The standard InChI is InChI=1S/C20H21N3O2S/c1-4-16(25-17-12-8-9-13(2)14(17)3)18(24)21-20-23-22-19(26-20)15-10-6-5-7-11-15/h5-12,16H,4H2,1-3H3,(H,21,23,24)/t16-/m0/s1. The molecule has 0 saturated heterocycles. The van der Waals surface area contributed by atoms with Crippen molar-refractivity contribution in [1.82, 2.24) is 10.2 Å². The predicted octanol–water partition coefficient (Wildman–Crippen LogP) is 4.62. The van der Waals surface area contributed by atoms with Crippen molar-refractivity contribution in [2.24, 2.45) is 0 Å². The molecule has 0 spiro atoms. The minimum absolute atomic E-state index is 0.218. The number of nitrogens with zero attached hydrogens (tertiary/aromatic N) is 2. The van der Waals surface area contributed by atoms with Gasteiger partial charge in [0.15, 0.2) is 6.10 Å². The summed E-state index contributed by atoms with van der Waals surface area (Å²) >= 11 is 1.34. The van der Waals surface area contributed by atoms with Gasteiger partial charge in [-0.3, -0.25) is 10.1 Å². The topological polar surface area (TPSA) is 64.1 Å². The number of rotatable bonds is 6. The van der Waals surface area contributed by atoms with Crippen LogP contribution in [0.15, 0.2) is 48.5 Å². The molecule has 5 nitrogen and oxygen atoms in total. The first-order valence-corrected chi connectivity index (χ1v) is 9.32. The second-order valence-electron chi connectivity index (χ2n) is 5.98. The van der Waals surface area contributed by atoms with Gasteiger partial charge in [0.05, 0.1) is 0 Å². The van der Waals surface area contributed by atoms with Gasteiger partial charge in [-0.15, -0.1) is 10.2 Å². The quantitative estimate of drug-likeness (QED) is 0.690. The first-order chi connectivity index (χ1) is 12.6. The Bertz CT molecular complexity index is 893. The van der Waals surface area contributed by atoms with Crippen LogP contribution in [0.5, 0.6) is 5.75 Å². The van der Waals surface area contributed by atoms with Gasteiger partial charge in [-0.2, -0.15) is 0 Å². The summed E-state index contributed by atoms with van der Waals surface area (Å²) < 4.78 is 5.95. The molecule has 0 bridgehead atoms. The molecule has 0 aliphatic heterocycles. The molecule has 3 rings (SSSR count). The van der Waals surface area contributed by atoms with Crippen molar-refractivity contribution in [2.45, 2.75) is 33.3 Å². The molecule has 0 radical (unpaired) electrons. The number of benzene rings is 2. The summed E-state index contributed by atoms with van der Waals surface area (Å²) in [5, 5.41) is 12.3. The van der Waals surface area contributed by atoms with Gasteiger partial charge >= 0.3 is 0 Å². The van der Waals surface area contributed by atoms with E-state index in [9.17, 15) is 4.79 Å². The number of nitrogens with one attached hydrogen (secondary N) is 1. The first-order valence-electron chi connectivity index (χ1n) is 8.51. The largest absolute Gasteiger partial charge is 0.480 e. The minimum Gasteiger partial charge on any atom is -0.480 e. The molecule has 1 N–H and O–H groups in total. The van der Waals surface area contributed by atoms with Crippen LogP contribution < -0.4 is 10.1 Å². The van der Waals surface area contributed by atoms with E-state index in [2.05, 4.69) is 15.5 Å². The zero-order chi connectivity index (χ0) is 18.5. The van der Waals surface area contributed by atoms with E-state index >= 15 is 0 Å². The Hall–Kier alpha value is -2.73. The molecule has 2 aromatic carbocycles. The van der Waals surface area contributed by atoms with Crippen molar-refractivity contribution in [2.75, 3.05) is 5.32 Å². The van der Waals surface area contributed by atoms with Crippen molar-refractivity contribution in [1.29, 1.82) is 0 Å². The van der Waals surface area contributed by atoms with Crippen LogP contribution in [0.25, 0.3) is 10.6 Å². The molecular formula is C20H21N3O2S. The van der Waals surface area contributed by atoms with Crippen molar-refractivity contribution >= 4 is 22.4 Å². The zero-order valence-corrected chi connectivity index (χ0v) is 15.8. The van der Waals surface area contributed by atoms with Crippen molar-refractivity contribution in [3.63, 3.8) is 0 Å². The fourth-order valence-electron chi connectivity index (χ4n) is 2.48. The van der Waals surface area contributed by atoms with E-state index in [4.69, 9.17) is 4.74 Å². The first kappa shape index (κ1) is 18.1. The summed E-state index contributed by atoms with van der Waals surface area (Å²) in [6, 6.07) is 15.6. The lowest BCUT2D eigenvalue weighted by molar-refractivity contribution is -0.122. The molecule has 1 amide bonds. The molecule has 1 heterocycles. The van der Waals surface area contributed by atoms with Crippen LogP contribution in [-0.4, -0.2) is 22.2 Å². The third-order valence-corrected chi connectivity index (χ3v) is 5.05. The summed E-state index contributed by atoms with van der Waals surface area (Å²) in [6.45, 7) is 5.94. The van der Waals surface area contributed by atoms with Crippen LogP contribution >= 0.6 is 11.3 Å². The van der Waals surface area contributed by atoms with E-state index in [0.29, 0.717) is 11.6 Å². The lowest BCUT2D eigenvalue weighted by atomic mass is 10.1. The van der Waals surface area contributed by atoms with Crippen LogP contribution in [-0.2, 0) is 4.79 Å². The van der Waals surface area contributed by atoms with Gasteiger partial charge in [0, 0.05) is 5.56 Å². The summed E-state index contributed by atoms with van der Waals surface area (Å²) in [4.78, 5) is 12.6. The van der Waals surface area contributed by atoms with Crippen LogP contribution in [0.2, 0.25) is 0 Å². The average molecular weight is 367 g/mol. The van der Waals surface area contributed by atoms with Gasteiger partial charge < -0.3 is 4.74 Å². The van der Waals surface area contributed by atoms with E-state index in [0.717, 1.165) is 27.4 Å². The molecule has 1 atom stereocenters. The van der Waals surface area contributed by atoms with Crippen LogP contribution in [0.1, 0.15) is 24.5 Å². The summed E-state index contributed by atoms with van der Waals surface area (Å²) in [6.07, 6.45) is -0.0246. The summed E-state index contributed by atoms with van der Waals surface area (Å²) in [7, 11) is 0. The van der Waals surface area contributed by atoms with Crippen molar-refractivity contribution < 1.29 is 9.53 Å². The molecule has 1 aromatic heterocycles. The molecule has 0 aliphatic carbocycles. The summed E-state index contributed by atoms with van der Waals surface area (Å²) in [5.41, 5.74) is 3.15. The Morgan fingerprint density at radius 3 is 2.62 bits per heavy atom. The highest BCUT2D eigenvalue weighted by molar-refractivity contribution is 7.18. The van der Waals surface area contributed by atoms with Gasteiger partial charge in [-0.1, -0.05) is 60.7 Å². The van der Waals surface area contributed by atoms with Gasteiger partial charge in [-0.05, 0) is 37.5 Å². The second-order valence-corrected chi connectivity index (χ2v) is 6.96. The number of hydrogen-bond acceptors (Lipinski definition) is 5. The van der Waals surface area contributed by atoms with E-state index in [1.165, 1.54) is 11.3 Å². The summed E-state index contributed by atoms with van der Waals surface area (Å²) in [5.74, 6) is 0.512. The van der Waals surface area contributed by atoms with Gasteiger partial charge in [-0.25, -0.2) is 0 Å². The maximum absolute atomic E-state index is 12.6. The molecule has 6 heteroatoms. The Balaban J connectivity index is 1.70. The second kappa shape index (κ2) is 8.10. The van der Waals surface area contributed by atoms with E-state index in [-0.39, 0.29) is 5.91 Å². The van der Waals surface area contributed by atoms with Crippen LogP contribution in [0, 0.1) is 13.8 Å². The third kappa shape index (κ3) is 4.08. The van der Waals surface area contributed by atoms with E-state index in [1.807, 2.05) is 69.3 Å². The van der Waals surface area contributed by atoms with E-state index in [1.54, 1.807) is 0 Å². The van der Waals surface area contributed by atoms with Crippen LogP contribution in [0.3, 0.4) is 0 Å². The number of amides is 1. The number of aromatic nitrogens is 2. The number of hydrogen-bond donors (Lipinski definition) is 1. The van der Waals surface area contributed by atoms with Crippen molar-refractivity contribution in [3.8, 4) is 16.3 Å². The SMILES string of the molecule is CC[C@H](Oc1cccc(C)c1C)C(=O)Nc1nnc(-c2ccccc2)s1. The van der Waals surface area contributed by atoms with Gasteiger partial charge in [0.2, 0.25) is 5.13 Å². The maximum Gasteiger partial charge on any atom is 0.267 e. The third-order valence-electron chi connectivity index (χ3n) is 4.16. The smallest absolute Gasteiger partial charge is 0.267 e. The molecular weight excluding hydrogens is 346 g/mol. The molecule has 0 fully saturated rings. The number of carbonyl (C=O) groups is 1.